The molecule has 96 valence electrons. The molecule has 4 heteroatoms. The van der Waals surface area contributed by atoms with E-state index in [4.69, 9.17) is 14.9 Å². The highest BCUT2D eigenvalue weighted by Crippen LogP contribution is 2.12. The Bertz CT molecular complexity index is 842. The monoisotopic (exact) mass is 262 g/mol. The van der Waals surface area contributed by atoms with Gasteiger partial charge in [0.15, 0.2) is 5.43 Å². The summed E-state index contributed by atoms with van der Waals surface area (Å²) in [5.74, 6) is 0. The molecule has 20 heavy (non-hydrogen) atoms. The van der Waals surface area contributed by atoms with E-state index in [0.717, 1.165) is 0 Å². The fourth-order valence-corrected chi connectivity index (χ4v) is 1.71. The van der Waals surface area contributed by atoms with Crippen LogP contribution in [-0.2, 0) is 0 Å². The van der Waals surface area contributed by atoms with Crippen molar-refractivity contribution in [2.24, 2.45) is 0 Å². The minimum Gasteiger partial charge on any atom is -0.463 e. The first kappa shape index (κ1) is 13.3. The van der Waals surface area contributed by atoms with Crippen molar-refractivity contribution in [1.82, 2.24) is 0 Å². The number of rotatable bonds is 2. The molecule has 0 atom stereocenters. The standard InChI is InChI=1S/C16H10N2O2/c1-11(13(8-17)9-18)6-7-12-10-20-15-5-3-2-4-14(15)16(12)19/h2-7,10H,1H3/b7-6+. The molecule has 0 spiro atoms. The van der Waals surface area contributed by atoms with E-state index in [0.29, 0.717) is 22.1 Å². The number of benzene rings is 1. The van der Waals surface area contributed by atoms with Gasteiger partial charge < -0.3 is 4.42 Å². The van der Waals surface area contributed by atoms with Crippen LogP contribution in [0.5, 0.6) is 0 Å². The van der Waals surface area contributed by atoms with Gasteiger partial charge in [-0.2, -0.15) is 10.5 Å². The molecule has 0 saturated heterocycles. The second kappa shape index (κ2) is 5.69. The Morgan fingerprint density at radius 2 is 1.95 bits per heavy atom. The first-order valence-electron chi connectivity index (χ1n) is 5.87. The Balaban J connectivity index is 2.49. The molecule has 0 amide bonds. The molecule has 1 heterocycles. The van der Waals surface area contributed by atoms with Crippen LogP contribution in [0.1, 0.15) is 12.5 Å². The van der Waals surface area contributed by atoms with E-state index >= 15 is 0 Å². The minimum absolute atomic E-state index is 0.0198. The van der Waals surface area contributed by atoms with Crippen molar-refractivity contribution in [3.8, 4) is 12.1 Å². The number of nitrogens with zero attached hydrogens (tertiary/aromatic N) is 2. The average molecular weight is 262 g/mol. The van der Waals surface area contributed by atoms with Gasteiger partial charge in [0.1, 0.15) is 29.6 Å². The summed E-state index contributed by atoms with van der Waals surface area (Å²) >= 11 is 0. The Labute approximate surface area is 115 Å². The third-order valence-corrected chi connectivity index (χ3v) is 2.84. The van der Waals surface area contributed by atoms with Crippen LogP contribution in [0.2, 0.25) is 0 Å². The van der Waals surface area contributed by atoms with Crippen LogP contribution in [0.3, 0.4) is 0 Å². The maximum Gasteiger partial charge on any atom is 0.199 e. The van der Waals surface area contributed by atoms with Gasteiger partial charge in [-0.15, -0.1) is 0 Å². The van der Waals surface area contributed by atoms with Crippen LogP contribution in [0.4, 0.5) is 0 Å². The van der Waals surface area contributed by atoms with E-state index in [1.54, 1.807) is 55.5 Å². The fraction of sp³-hybridized carbons (Fsp3) is 0.0625. The molecule has 0 saturated carbocycles. The van der Waals surface area contributed by atoms with Crippen LogP contribution in [-0.4, -0.2) is 0 Å². The van der Waals surface area contributed by atoms with Crippen molar-refractivity contribution >= 4 is 17.0 Å². The molecule has 4 nitrogen and oxygen atoms in total. The Hall–Kier alpha value is -3.11. The molecule has 0 radical (unpaired) electrons. The van der Waals surface area contributed by atoms with E-state index in [9.17, 15) is 4.79 Å². The predicted molar refractivity (Wildman–Crippen MR) is 75.4 cm³/mol. The maximum absolute atomic E-state index is 12.2. The van der Waals surface area contributed by atoms with Gasteiger partial charge >= 0.3 is 0 Å². The van der Waals surface area contributed by atoms with Gasteiger partial charge in [0.05, 0.1) is 10.9 Å². The number of hydrogen-bond donors (Lipinski definition) is 0. The van der Waals surface area contributed by atoms with Crippen molar-refractivity contribution in [1.29, 1.82) is 10.5 Å². The smallest absolute Gasteiger partial charge is 0.199 e. The highest BCUT2D eigenvalue weighted by molar-refractivity contribution is 5.78. The zero-order chi connectivity index (χ0) is 14.5. The van der Waals surface area contributed by atoms with Gasteiger partial charge in [-0.25, -0.2) is 0 Å². The van der Waals surface area contributed by atoms with Crippen LogP contribution in [0, 0.1) is 22.7 Å². The number of allylic oxidation sites excluding steroid dienone is 3. The Morgan fingerprint density at radius 3 is 2.65 bits per heavy atom. The lowest BCUT2D eigenvalue weighted by molar-refractivity contribution is 0.601. The van der Waals surface area contributed by atoms with Crippen LogP contribution in [0.25, 0.3) is 17.0 Å². The second-order valence-electron chi connectivity index (χ2n) is 4.13. The molecule has 0 aliphatic carbocycles. The van der Waals surface area contributed by atoms with E-state index in [1.807, 2.05) is 0 Å². The van der Waals surface area contributed by atoms with Crippen LogP contribution in [0.15, 0.2) is 57.0 Å². The highest BCUT2D eigenvalue weighted by atomic mass is 16.3. The molecule has 0 aliphatic heterocycles. The first-order chi connectivity index (χ1) is 9.67. The van der Waals surface area contributed by atoms with Crippen molar-refractivity contribution in [3.63, 3.8) is 0 Å². The van der Waals surface area contributed by atoms with Crippen LogP contribution < -0.4 is 5.43 Å². The van der Waals surface area contributed by atoms with Crippen LogP contribution >= 0.6 is 0 Å². The van der Waals surface area contributed by atoms with E-state index in [2.05, 4.69) is 0 Å². The topological polar surface area (TPSA) is 77.8 Å². The largest absolute Gasteiger partial charge is 0.463 e. The molecule has 0 fully saturated rings. The van der Waals surface area contributed by atoms with Crippen molar-refractivity contribution < 1.29 is 4.42 Å². The van der Waals surface area contributed by atoms with Gasteiger partial charge in [0.25, 0.3) is 0 Å². The van der Waals surface area contributed by atoms with Gasteiger partial charge in [-0.3, -0.25) is 4.79 Å². The highest BCUT2D eigenvalue weighted by Gasteiger charge is 2.04. The van der Waals surface area contributed by atoms with Crippen molar-refractivity contribution in [2.75, 3.05) is 0 Å². The zero-order valence-corrected chi connectivity index (χ0v) is 10.8. The SMILES string of the molecule is CC(/C=C/c1coc2ccccc2c1=O)=C(C#N)C#N. The number of hydrogen-bond acceptors (Lipinski definition) is 4. The first-order valence-corrected chi connectivity index (χ1v) is 5.87. The zero-order valence-electron chi connectivity index (χ0n) is 10.8. The Morgan fingerprint density at radius 1 is 1.25 bits per heavy atom. The van der Waals surface area contributed by atoms with Gasteiger partial charge in [0.2, 0.25) is 0 Å². The van der Waals surface area contributed by atoms with Gasteiger partial charge in [-0.1, -0.05) is 18.2 Å². The second-order valence-corrected chi connectivity index (χ2v) is 4.13. The van der Waals surface area contributed by atoms with Crippen molar-refractivity contribution in [3.05, 3.63) is 63.5 Å². The molecule has 1 aromatic carbocycles. The maximum atomic E-state index is 12.2. The molecule has 0 unspecified atom stereocenters. The van der Waals surface area contributed by atoms with Crippen molar-refractivity contribution in [2.45, 2.75) is 6.92 Å². The molecular weight excluding hydrogens is 252 g/mol. The summed E-state index contributed by atoms with van der Waals surface area (Å²) in [7, 11) is 0. The summed E-state index contributed by atoms with van der Waals surface area (Å²) in [6.07, 6.45) is 4.47. The molecule has 0 bridgehead atoms. The minimum atomic E-state index is -0.147. The molecule has 2 rings (SSSR count). The molecule has 0 N–H and O–H groups in total. The van der Waals surface area contributed by atoms with Gasteiger partial charge in [0, 0.05) is 0 Å². The lowest BCUT2D eigenvalue weighted by atomic mass is 10.1. The molecule has 0 aliphatic rings. The average Bonchev–Trinajstić information content (AvgIpc) is 2.48. The third kappa shape index (κ3) is 2.50. The predicted octanol–water partition coefficient (Wildman–Crippen LogP) is 3.17. The number of nitriles is 2. The summed E-state index contributed by atoms with van der Waals surface area (Å²) in [5, 5.41) is 18.0. The lowest BCUT2D eigenvalue weighted by Crippen LogP contribution is -2.04. The molecular formula is C16H10N2O2. The van der Waals surface area contributed by atoms with E-state index < -0.39 is 0 Å². The number of para-hydroxylation sites is 1. The normalized spacial score (nSPS) is 10.2. The van der Waals surface area contributed by atoms with E-state index in [-0.39, 0.29) is 11.0 Å². The lowest BCUT2D eigenvalue weighted by Gasteiger charge is -1.98. The third-order valence-electron chi connectivity index (χ3n) is 2.84. The quantitative estimate of drug-likeness (QED) is 0.615. The fourth-order valence-electron chi connectivity index (χ4n) is 1.71. The Kier molecular flexibility index (Phi) is 3.79. The summed E-state index contributed by atoms with van der Waals surface area (Å²) in [4.78, 5) is 12.2. The molecule has 1 aromatic heterocycles. The number of fused-ring (bicyclic) bond motifs is 1. The van der Waals surface area contributed by atoms with E-state index in [1.165, 1.54) is 6.26 Å². The summed E-state index contributed by atoms with van der Waals surface area (Å²) < 4.78 is 5.37. The summed E-state index contributed by atoms with van der Waals surface area (Å²) in [6.45, 7) is 1.64. The molecule has 2 aromatic rings. The van der Waals surface area contributed by atoms with Gasteiger partial charge in [-0.05, 0) is 30.7 Å². The summed E-state index contributed by atoms with van der Waals surface area (Å²) in [5.41, 5.74) is 1.27. The summed E-state index contributed by atoms with van der Waals surface area (Å²) in [6, 6.07) is 10.6.